The van der Waals surface area contributed by atoms with Crippen molar-refractivity contribution in [3.63, 3.8) is 0 Å². The van der Waals surface area contributed by atoms with Gasteiger partial charge in [-0.3, -0.25) is 10.1 Å². The van der Waals surface area contributed by atoms with Gasteiger partial charge in [-0.05, 0) is 24.5 Å². The molecule has 0 aliphatic carbocycles. The van der Waals surface area contributed by atoms with Crippen LogP contribution in [0.5, 0.6) is 0 Å². The summed E-state index contributed by atoms with van der Waals surface area (Å²) in [7, 11) is 2.05. The number of piperidine rings is 1. The molecule has 3 aromatic heterocycles. The molecule has 10 nitrogen and oxygen atoms in total. The number of nitrogens with zero attached hydrogens (tertiary/aromatic N) is 6. The SMILES string of the molecule is CC1CCN(c2nc3ccc([N+](=O)[O-])cc3o2)CC1N(C)c1ncnc2[nH]ccc12. The Morgan fingerprint density at radius 1 is 1.33 bits per heavy atom. The molecule has 4 heterocycles. The number of benzene rings is 1. The van der Waals surface area contributed by atoms with E-state index in [4.69, 9.17) is 4.42 Å². The van der Waals surface area contributed by atoms with Crippen molar-refractivity contribution in [2.24, 2.45) is 5.92 Å². The number of hydrogen-bond donors (Lipinski definition) is 1. The van der Waals surface area contributed by atoms with E-state index in [0.29, 0.717) is 29.6 Å². The Balaban J connectivity index is 1.44. The van der Waals surface area contributed by atoms with Gasteiger partial charge in [-0.1, -0.05) is 6.92 Å². The lowest BCUT2D eigenvalue weighted by molar-refractivity contribution is -0.384. The first-order valence-electron chi connectivity index (χ1n) is 9.82. The van der Waals surface area contributed by atoms with Gasteiger partial charge < -0.3 is 19.2 Å². The zero-order valence-electron chi connectivity index (χ0n) is 16.6. The molecule has 2 atom stereocenters. The lowest BCUT2D eigenvalue weighted by Crippen LogP contribution is -2.51. The number of anilines is 2. The van der Waals surface area contributed by atoms with E-state index in [9.17, 15) is 10.1 Å². The van der Waals surface area contributed by atoms with Gasteiger partial charge in [0.1, 0.15) is 23.3 Å². The van der Waals surface area contributed by atoms with Crippen LogP contribution in [0.3, 0.4) is 0 Å². The van der Waals surface area contributed by atoms with E-state index in [1.807, 2.05) is 12.3 Å². The Morgan fingerprint density at radius 2 is 2.20 bits per heavy atom. The third-order valence-corrected chi connectivity index (χ3v) is 5.93. The van der Waals surface area contributed by atoms with Gasteiger partial charge >= 0.3 is 0 Å². The molecule has 30 heavy (non-hydrogen) atoms. The topological polar surface area (TPSA) is 117 Å². The fourth-order valence-electron chi connectivity index (χ4n) is 4.17. The van der Waals surface area contributed by atoms with Crippen molar-refractivity contribution in [1.82, 2.24) is 19.9 Å². The van der Waals surface area contributed by atoms with Gasteiger partial charge in [0.15, 0.2) is 5.58 Å². The molecule has 1 aliphatic rings. The van der Waals surface area contributed by atoms with E-state index >= 15 is 0 Å². The molecular formula is C20H21N7O3. The first kappa shape index (κ1) is 18.3. The van der Waals surface area contributed by atoms with Gasteiger partial charge in [0.2, 0.25) is 0 Å². The third kappa shape index (κ3) is 3.00. The lowest BCUT2D eigenvalue weighted by Gasteiger charge is -2.41. The van der Waals surface area contributed by atoms with E-state index in [1.165, 1.54) is 12.1 Å². The Bertz CT molecular complexity index is 1230. The minimum absolute atomic E-state index is 0.00522. The van der Waals surface area contributed by atoms with E-state index in [2.05, 4.69) is 43.7 Å². The molecule has 4 aromatic rings. The number of nitro groups is 1. The number of nitro benzene ring substituents is 1. The predicted octanol–water partition coefficient (Wildman–Crippen LogP) is 3.36. The summed E-state index contributed by atoms with van der Waals surface area (Å²) in [6.07, 6.45) is 4.41. The predicted molar refractivity (Wildman–Crippen MR) is 113 cm³/mol. The van der Waals surface area contributed by atoms with Crippen LogP contribution in [0.25, 0.3) is 22.1 Å². The molecular weight excluding hydrogens is 386 g/mol. The van der Waals surface area contributed by atoms with Crippen LogP contribution in [0, 0.1) is 16.0 Å². The van der Waals surface area contributed by atoms with Crippen LogP contribution < -0.4 is 9.80 Å². The normalized spacial score (nSPS) is 19.5. The smallest absolute Gasteiger partial charge is 0.298 e. The molecule has 1 saturated heterocycles. The standard InChI is InChI=1S/C20H21N7O3/c1-12-6-8-26(20-24-15-4-3-13(27(28)29)9-17(15)30-20)10-16(12)25(2)19-14-5-7-21-18(14)22-11-23-19/h3-5,7,9,11-12,16H,6,8,10H2,1-2H3,(H,21,22,23). The van der Waals surface area contributed by atoms with Gasteiger partial charge in [0, 0.05) is 32.4 Å². The maximum atomic E-state index is 11.0. The molecule has 1 aromatic carbocycles. The van der Waals surface area contributed by atoms with Gasteiger partial charge in [-0.2, -0.15) is 4.98 Å². The van der Waals surface area contributed by atoms with Crippen LogP contribution in [0.4, 0.5) is 17.5 Å². The van der Waals surface area contributed by atoms with E-state index in [-0.39, 0.29) is 11.7 Å². The van der Waals surface area contributed by atoms with E-state index < -0.39 is 4.92 Å². The molecule has 1 fully saturated rings. The van der Waals surface area contributed by atoms with Crippen molar-refractivity contribution >= 4 is 39.7 Å². The van der Waals surface area contributed by atoms with E-state index in [1.54, 1.807) is 12.4 Å². The van der Waals surface area contributed by atoms with Crippen LogP contribution in [-0.4, -0.2) is 51.0 Å². The molecule has 154 valence electrons. The van der Waals surface area contributed by atoms with Crippen molar-refractivity contribution in [1.29, 1.82) is 0 Å². The van der Waals surface area contributed by atoms with E-state index in [0.717, 1.165) is 29.8 Å². The Kier molecular flexibility index (Phi) is 4.27. The molecule has 1 N–H and O–H groups in total. The monoisotopic (exact) mass is 407 g/mol. The third-order valence-electron chi connectivity index (χ3n) is 5.93. The number of hydrogen-bond acceptors (Lipinski definition) is 8. The Labute approximate surface area is 171 Å². The minimum Gasteiger partial charge on any atom is -0.423 e. The maximum absolute atomic E-state index is 11.0. The van der Waals surface area contributed by atoms with Crippen LogP contribution in [0.2, 0.25) is 0 Å². The summed E-state index contributed by atoms with van der Waals surface area (Å²) in [5, 5.41) is 12.0. The van der Waals surface area contributed by atoms with Crippen molar-refractivity contribution in [3.8, 4) is 0 Å². The highest BCUT2D eigenvalue weighted by Crippen LogP contribution is 2.32. The number of nitrogens with one attached hydrogen (secondary N) is 1. The van der Waals surface area contributed by atoms with Gasteiger partial charge in [0.05, 0.1) is 22.4 Å². The molecule has 2 unspecified atom stereocenters. The summed E-state index contributed by atoms with van der Waals surface area (Å²) in [5.41, 5.74) is 1.85. The fraction of sp³-hybridized carbons (Fsp3) is 0.350. The summed E-state index contributed by atoms with van der Waals surface area (Å²) < 4.78 is 5.89. The molecule has 10 heteroatoms. The highest BCUT2D eigenvalue weighted by atomic mass is 16.6. The van der Waals surface area contributed by atoms with Crippen molar-refractivity contribution in [2.45, 2.75) is 19.4 Å². The Hall–Kier alpha value is -3.69. The number of oxazole rings is 1. The van der Waals surface area contributed by atoms with Crippen LogP contribution in [0.1, 0.15) is 13.3 Å². The largest absolute Gasteiger partial charge is 0.423 e. The average Bonchev–Trinajstić information content (AvgIpc) is 3.39. The number of non-ortho nitro benzene ring substituents is 1. The second-order valence-electron chi connectivity index (χ2n) is 7.73. The molecule has 1 aliphatic heterocycles. The summed E-state index contributed by atoms with van der Waals surface area (Å²) in [6, 6.07) is 7.16. The number of rotatable bonds is 4. The van der Waals surface area contributed by atoms with Gasteiger partial charge in [0.25, 0.3) is 11.7 Å². The van der Waals surface area contributed by atoms with Gasteiger partial charge in [-0.25, -0.2) is 9.97 Å². The number of fused-ring (bicyclic) bond motifs is 2. The molecule has 0 bridgehead atoms. The number of likely N-dealkylation sites (N-methyl/N-ethyl adjacent to an activating group) is 1. The Morgan fingerprint density at radius 3 is 3.03 bits per heavy atom. The summed E-state index contributed by atoms with van der Waals surface area (Å²) in [5.74, 6) is 1.33. The molecule has 0 amide bonds. The summed E-state index contributed by atoms with van der Waals surface area (Å²) >= 11 is 0. The van der Waals surface area contributed by atoms with Crippen molar-refractivity contribution in [2.75, 3.05) is 29.9 Å². The number of H-pyrrole nitrogens is 1. The minimum atomic E-state index is -0.432. The number of aromatic nitrogens is 4. The zero-order chi connectivity index (χ0) is 20.8. The summed E-state index contributed by atoms with van der Waals surface area (Å²) in [6.45, 7) is 3.76. The number of aromatic amines is 1. The first-order valence-corrected chi connectivity index (χ1v) is 9.82. The molecule has 0 spiro atoms. The summed E-state index contributed by atoms with van der Waals surface area (Å²) in [4.78, 5) is 31.4. The van der Waals surface area contributed by atoms with Crippen molar-refractivity contribution < 1.29 is 9.34 Å². The highest BCUT2D eigenvalue weighted by molar-refractivity contribution is 5.87. The second-order valence-corrected chi connectivity index (χ2v) is 7.73. The maximum Gasteiger partial charge on any atom is 0.298 e. The zero-order valence-corrected chi connectivity index (χ0v) is 16.6. The molecule has 5 rings (SSSR count). The van der Waals surface area contributed by atoms with Crippen molar-refractivity contribution in [3.05, 3.63) is 46.9 Å². The van der Waals surface area contributed by atoms with Gasteiger partial charge in [-0.15, -0.1) is 0 Å². The second kappa shape index (κ2) is 6.97. The first-order chi connectivity index (χ1) is 14.5. The quantitative estimate of drug-likeness (QED) is 0.404. The lowest BCUT2D eigenvalue weighted by atomic mass is 9.92. The van der Waals surface area contributed by atoms with Crippen LogP contribution in [0.15, 0.2) is 41.2 Å². The molecule has 0 saturated carbocycles. The highest BCUT2D eigenvalue weighted by Gasteiger charge is 2.32. The van der Waals surface area contributed by atoms with Crippen LogP contribution >= 0.6 is 0 Å². The van der Waals surface area contributed by atoms with Crippen LogP contribution in [-0.2, 0) is 0 Å². The fourth-order valence-corrected chi connectivity index (χ4v) is 4.17. The molecule has 0 radical (unpaired) electrons. The average molecular weight is 407 g/mol.